The molecule has 1 aliphatic rings. The summed E-state index contributed by atoms with van der Waals surface area (Å²) in [6, 6.07) is 19.1. The molecule has 1 aromatic heterocycles. The molecule has 10 heteroatoms. The Hall–Kier alpha value is -2.72. The number of H-pyrrole nitrogens is 1. The van der Waals surface area contributed by atoms with Gasteiger partial charge in [0.15, 0.2) is 0 Å². The van der Waals surface area contributed by atoms with Crippen molar-refractivity contribution in [3.63, 3.8) is 0 Å². The Bertz CT molecular complexity index is 1460. The molecule has 2 N–H and O–H groups in total. The van der Waals surface area contributed by atoms with Crippen LogP contribution in [0.3, 0.4) is 0 Å². The van der Waals surface area contributed by atoms with Gasteiger partial charge in [-0.05, 0) is 67.4 Å². The number of anilines is 1. The van der Waals surface area contributed by atoms with Crippen LogP contribution in [0.2, 0.25) is 5.02 Å². The van der Waals surface area contributed by atoms with Crippen molar-refractivity contribution in [3.05, 3.63) is 87.6 Å². The summed E-state index contributed by atoms with van der Waals surface area (Å²) >= 11 is 9.45. The van der Waals surface area contributed by atoms with E-state index >= 15 is 0 Å². The van der Waals surface area contributed by atoms with Gasteiger partial charge in [0.25, 0.3) is 5.91 Å². The van der Waals surface area contributed by atoms with E-state index in [9.17, 15) is 13.2 Å². The fourth-order valence-electron chi connectivity index (χ4n) is 4.26. The zero-order chi connectivity index (χ0) is 24.6. The van der Waals surface area contributed by atoms with Crippen molar-refractivity contribution >= 4 is 60.2 Å². The third-order valence-corrected chi connectivity index (χ3v) is 8.91. The predicted octanol–water partition coefficient (Wildman–Crippen LogP) is 5.80. The predicted molar refractivity (Wildman–Crippen MR) is 140 cm³/mol. The van der Waals surface area contributed by atoms with Gasteiger partial charge in [0.1, 0.15) is 5.82 Å². The molecule has 0 saturated carbocycles. The second-order valence-corrected chi connectivity index (χ2v) is 11.7. The summed E-state index contributed by atoms with van der Waals surface area (Å²) in [7, 11) is -3.64. The summed E-state index contributed by atoms with van der Waals surface area (Å²) in [5, 5.41) is 3.09. The number of rotatable bonds is 5. The summed E-state index contributed by atoms with van der Waals surface area (Å²) < 4.78 is 28.7. The highest BCUT2D eigenvalue weighted by Gasteiger charge is 2.31. The van der Waals surface area contributed by atoms with E-state index in [1.807, 2.05) is 24.3 Å². The average Bonchev–Trinajstić information content (AvgIpc) is 3.30. The fourth-order valence-corrected chi connectivity index (χ4v) is 6.30. The normalized spacial score (nSPS) is 15.4. The van der Waals surface area contributed by atoms with E-state index in [4.69, 9.17) is 11.6 Å². The Morgan fingerprint density at radius 1 is 1.06 bits per heavy atom. The molecule has 1 amide bonds. The van der Waals surface area contributed by atoms with Crippen LogP contribution >= 0.6 is 27.5 Å². The van der Waals surface area contributed by atoms with E-state index in [0.717, 1.165) is 21.3 Å². The van der Waals surface area contributed by atoms with Crippen LogP contribution in [0.1, 0.15) is 34.9 Å². The zero-order valence-electron chi connectivity index (χ0n) is 18.5. The number of halogens is 2. The number of fused-ring (bicyclic) bond motifs is 1. The van der Waals surface area contributed by atoms with Crippen LogP contribution in [0.25, 0.3) is 11.0 Å². The number of amides is 1. The largest absolute Gasteiger partial charge is 0.342 e. The van der Waals surface area contributed by atoms with Gasteiger partial charge in [-0.25, -0.2) is 13.4 Å². The number of piperidine rings is 1. The minimum absolute atomic E-state index is 0.191. The number of hydrogen-bond donors (Lipinski definition) is 2. The topological polar surface area (TPSA) is 95.2 Å². The molecule has 1 fully saturated rings. The Morgan fingerprint density at radius 2 is 1.77 bits per heavy atom. The fraction of sp³-hybridized carbons (Fsp3) is 0.200. The third-order valence-electron chi connectivity index (χ3n) is 6.17. The molecule has 180 valence electrons. The number of nitrogens with one attached hydrogen (secondary N) is 2. The number of aromatic nitrogens is 2. The van der Waals surface area contributed by atoms with E-state index in [-0.39, 0.29) is 16.7 Å². The van der Waals surface area contributed by atoms with Crippen LogP contribution in [0.4, 0.5) is 5.69 Å². The van der Waals surface area contributed by atoms with Crippen molar-refractivity contribution in [3.8, 4) is 0 Å². The van der Waals surface area contributed by atoms with Gasteiger partial charge in [0.05, 0.1) is 26.5 Å². The lowest BCUT2D eigenvalue weighted by molar-refractivity contribution is 0.102. The minimum atomic E-state index is -3.64. The SMILES string of the molecule is O=C(Nc1ccc(S(=O)(=O)N2CCC(c3nc4ccccc4[nH]3)CC2)cc1)c1cc(Br)ccc1Cl. The first-order valence-electron chi connectivity index (χ1n) is 11.1. The van der Waals surface area contributed by atoms with E-state index < -0.39 is 10.0 Å². The van der Waals surface area contributed by atoms with E-state index in [2.05, 4.69) is 31.2 Å². The van der Waals surface area contributed by atoms with Gasteiger partial charge in [-0.3, -0.25) is 4.79 Å². The first kappa shape index (κ1) is 24.0. The number of aromatic amines is 1. The van der Waals surface area contributed by atoms with Crippen molar-refractivity contribution in [2.75, 3.05) is 18.4 Å². The minimum Gasteiger partial charge on any atom is -0.342 e. The third kappa shape index (κ3) is 4.99. The molecule has 0 aliphatic carbocycles. The van der Waals surface area contributed by atoms with Crippen molar-refractivity contribution in [2.45, 2.75) is 23.7 Å². The molecule has 0 radical (unpaired) electrons. The molecule has 1 saturated heterocycles. The summed E-state index contributed by atoms with van der Waals surface area (Å²) in [5.41, 5.74) is 2.72. The van der Waals surface area contributed by atoms with Gasteiger partial charge in [-0.2, -0.15) is 4.31 Å². The maximum absolute atomic E-state index is 13.2. The molecule has 7 nitrogen and oxygen atoms in total. The molecule has 0 atom stereocenters. The second kappa shape index (κ2) is 9.73. The number of carbonyl (C=O) groups is 1. The van der Waals surface area contributed by atoms with Gasteiger partial charge in [-0.1, -0.05) is 39.7 Å². The lowest BCUT2D eigenvalue weighted by Gasteiger charge is -2.30. The maximum atomic E-state index is 13.2. The Labute approximate surface area is 216 Å². The van der Waals surface area contributed by atoms with Gasteiger partial charge >= 0.3 is 0 Å². The van der Waals surface area contributed by atoms with Crippen LogP contribution < -0.4 is 5.32 Å². The van der Waals surface area contributed by atoms with Crippen LogP contribution in [-0.2, 0) is 10.0 Å². The number of hydrogen-bond acceptors (Lipinski definition) is 4. The van der Waals surface area contributed by atoms with Crippen molar-refractivity contribution < 1.29 is 13.2 Å². The van der Waals surface area contributed by atoms with Crippen LogP contribution in [0, 0.1) is 0 Å². The van der Waals surface area contributed by atoms with Gasteiger partial charge in [0.2, 0.25) is 10.0 Å². The highest BCUT2D eigenvalue weighted by molar-refractivity contribution is 9.10. The lowest BCUT2D eigenvalue weighted by Crippen LogP contribution is -2.38. The number of para-hydroxylation sites is 2. The highest BCUT2D eigenvalue weighted by atomic mass is 79.9. The monoisotopic (exact) mass is 572 g/mol. The van der Waals surface area contributed by atoms with E-state index in [1.54, 1.807) is 30.3 Å². The first-order chi connectivity index (χ1) is 16.8. The molecule has 0 spiro atoms. The number of nitrogens with zero attached hydrogens (tertiary/aromatic N) is 2. The van der Waals surface area contributed by atoms with E-state index in [0.29, 0.717) is 42.2 Å². The molecular formula is C25H22BrClN4O3S. The Balaban J connectivity index is 1.24. The molecule has 4 aromatic rings. The molecule has 0 bridgehead atoms. The highest BCUT2D eigenvalue weighted by Crippen LogP contribution is 2.31. The van der Waals surface area contributed by atoms with Gasteiger partial charge in [0, 0.05) is 29.2 Å². The maximum Gasteiger partial charge on any atom is 0.257 e. The molecular weight excluding hydrogens is 552 g/mol. The van der Waals surface area contributed by atoms with Crippen molar-refractivity contribution in [2.24, 2.45) is 0 Å². The Kier molecular flexibility index (Phi) is 6.67. The molecule has 0 unspecified atom stereocenters. The molecule has 3 aromatic carbocycles. The summed E-state index contributed by atoms with van der Waals surface area (Å²) in [6.07, 6.45) is 1.39. The number of sulfonamides is 1. The average molecular weight is 574 g/mol. The van der Waals surface area contributed by atoms with Crippen LogP contribution in [0.5, 0.6) is 0 Å². The Morgan fingerprint density at radius 3 is 2.49 bits per heavy atom. The summed E-state index contributed by atoms with van der Waals surface area (Å²) in [5.74, 6) is 0.727. The first-order valence-corrected chi connectivity index (χ1v) is 13.7. The van der Waals surface area contributed by atoms with E-state index in [1.165, 1.54) is 16.4 Å². The molecule has 35 heavy (non-hydrogen) atoms. The van der Waals surface area contributed by atoms with Crippen molar-refractivity contribution in [1.29, 1.82) is 0 Å². The number of benzene rings is 3. The second-order valence-electron chi connectivity index (χ2n) is 8.42. The molecule has 2 heterocycles. The van der Waals surface area contributed by atoms with Gasteiger partial charge < -0.3 is 10.3 Å². The summed E-state index contributed by atoms with van der Waals surface area (Å²) in [4.78, 5) is 20.8. The van der Waals surface area contributed by atoms with Crippen molar-refractivity contribution in [1.82, 2.24) is 14.3 Å². The summed E-state index contributed by atoms with van der Waals surface area (Å²) in [6.45, 7) is 0.841. The van der Waals surface area contributed by atoms with Gasteiger partial charge in [-0.15, -0.1) is 0 Å². The van der Waals surface area contributed by atoms with Crippen LogP contribution in [0.15, 0.2) is 76.1 Å². The number of carbonyl (C=O) groups excluding carboxylic acids is 1. The number of imidazole rings is 1. The van der Waals surface area contributed by atoms with Crippen LogP contribution in [-0.4, -0.2) is 41.7 Å². The zero-order valence-corrected chi connectivity index (χ0v) is 21.7. The molecule has 1 aliphatic heterocycles. The standard InChI is InChI=1S/C25H22BrClN4O3S/c26-17-5-10-21(27)20(15-17)25(32)28-18-6-8-19(9-7-18)35(33,34)31-13-11-16(12-14-31)24-29-22-3-1-2-4-23(22)30-24/h1-10,15-16H,11-14H2,(H,28,32)(H,29,30). The molecule has 5 rings (SSSR count). The lowest BCUT2D eigenvalue weighted by atomic mass is 9.97. The quantitative estimate of drug-likeness (QED) is 0.315. The smallest absolute Gasteiger partial charge is 0.257 e.